The van der Waals surface area contributed by atoms with Crippen molar-refractivity contribution in [1.82, 2.24) is 24.6 Å². The molecule has 1 saturated heterocycles. The number of carbonyl (C=O) groups is 1. The molecule has 0 spiro atoms. The van der Waals surface area contributed by atoms with Gasteiger partial charge in [0.2, 0.25) is 5.91 Å². The van der Waals surface area contributed by atoms with Crippen LogP contribution in [0.1, 0.15) is 62.9 Å². The maximum absolute atomic E-state index is 13.1. The van der Waals surface area contributed by atoms with Gasteiger partial charge in [-0.2, -0.15) is 0 Å². The molecule has 1 aliphatic heterocycles. The number of amides is 1. The van der Waals surface area contributed by atoms with Crippen molar-refractivity contribution in [2.75, 3.05) is 32.9 Å². The summed E-state index contributed by atoms with van der Waals surface area (Å²) in [4.78, 5) is 17.4. The molecule has 0 N–H and O–H groups in total. The Morgan fingerprint density at radius 2 is 1.88 bits per heavy atom. The number of carbonyl (C=O) groups excluding carboxylic acids is 1. The van der Waals surface area contributed by atoms with E-state index in [1.165, 1.54) is 49.4 Å². The summed E-state index contributed by atoms with van der Waals surface area (Å²) in [6.45, 7) is 4.76. The Morgan fingerprint density at radius 1 is 1.12 bits per heavy atom. The topological polar surface area (TPSA) is 54.3 Å². The number of hydrogen-bond acceptors (Lipinski definition) is 5. The van der Waals surface area contributed by atoms with Crippen molar-refractivity contribution < 1.29 is 4.79 Å². The molecule has 174 valence electrons. The molecule has 0 unspecified atom stereocenters. The maximum atomic E-state index is 13.1. The van der Waals surface area contributed by atoms with Crippen molar-refractivity contribution in [3.05, 3.63) is 41.7 Å². The van der Waals surface area contributed by atoms with Crippen molar-refractivity contribution in [2.24, 2.45) is 11.8 Å². The number of piperidine rings is 1. The lowest BCUT2D eigenvalue weighted by atomic mass is 9.75. The van der Waals surface area contributed by atoms with E-state index in [-0.39, 0.29) is 11.9 Å². The van der Waals surface area contributed by atoms with Crippen LogP contribution in [0, 0.1) is 11.8 Å². The summed E-state index contributed by atoms with van der Waals surface area (Å²) in [5.41, 5.74) is 1.22. The van der Waals surface area contributed by atoms with Gasteiger partial charge in [0.05, 0.1) is 18.3 Å². The summed E-state index contributed by atoms with van der Waals surface area (Å²) in [7, 11) is 4.17. The normalized spacial score (nSPS) is 22.1. The van der Waals surface area contributed by atoms with Crippen molar-refractivity contribution in [3.63, 3.8) is 0 Å². The van der Waals surface area contributed by atoms with Crippen LogP contribution in [-0.2, 0) is 11.3 Å². The van der Waals surface area contributed by atoms with Gasteiger partial charge in [0.15, 0.2) is 11.0 Å². The molecule has 1 saturated carbocycles. The molecular weight excluding hydrogens is 418 g/mol. The second-order valence-electron chi connectivity index (χ2n) is 9.52. The van der Waals surface area contributed by atoms with Gasteiger partial charge in [-0.05, 0) is 50.8 Å². The molecule has 4 rings (SSSR count). The molecule has 6 nitrogen and oxygen atoms in total. The first-order valence-electron chi connectivity index (χ1n) is 12.1. The zero-order chi connectivity index (χ0) is 22.5. The molecule has 7 heteroatoms. The Hall–Kier alpha value is -1.86. The molecule has 2 aliphatic rings. The second-order valence-corrected chi connectivity index (χ2v) is 10.5. The van der Waals surface area contributed by atoms with Gasteiger partial charge in [0, 0.05) is 13.1 Å². The molecule has 1 aliphatic carbocycles. The third-order valence-corrected chi connectivity index (χ3v) is 8.16. The summed E-state index contributed by atoms with van der Waals surface area (Å²) in [5, 5.41) is 9.94. The van der Waals surface area contributed by atoms with Crippen LogP contribution in [0.15, 0.2) is 35.5 Å². The zero-order valence-electron chi connectivity index (χ0n) is 19.7. The Kier molecular flexibility index (Phi) is 7.89. The Bertz CT molecular complexity index is 884. The monoisotopic (exact) mass is 455 g/mol. The van der Waals surface area contributed by atoms with Crippen molar-refractivity contribution >= 4 is 17.7 Å². The van der Waals surface area contributed by atoms with Crippen molar-refractivity contribution in [1.29, 1.82) is 0 Å². The lowest BCUT2D eigenvalue weighted by Gasteiger charge is -2.41. The lowest BCUT2D eigenvalue weighted by molar-refractivity contribution is -0.131. The van der Waals surface area contributed by atoms with Crippen LogP contribution in [0.4, 0.5) is 0 Å². The Labute approximate surface area is 196 Å². The van der Waals surface area contributed by atoms with Crippen LogP contribution in [0.3, 0.4) is 0 Å². The first-order valence-corrected chi connectivity index (χ1v) is 13.1. The van der Waals surface area contributed by atoms with Crippen LogP contribution in [-0.4, -0.2) is 63.4 Å². The van der Waals surface area contributed by atoms with E-state index in [4.69, 9.17) is 0 Å². The van der Waals surface area contributed by atoms with E-state index < -0.39 is 0 Å². The van der Waals surface area contributed by atoms with Gasteiger partial charge in [-0.3, -0.25) is 9.69 Å². The number of rotatable bonds is 8. The second kappa shape index (κ2) is 10.8. The molecule has 2 heterocycles. The Balaban J connectivity index is 1.46. The average molecular weight is 456 g/mol. The van der Waals surface area contributed by atoms with E-state index in [0.29, 0.717) is 11.7 Å². The van der Waals surface area contributed by atoms with Gasteiger partial charge < -0.3 is 9.47 Å². The number of thioether (sulfide) groups is 1. The minimum Gasteiger partial charge on any atom is -0.342 e. The van der Waals surface area contributed by atoms with Crippen LogP contribution in [0.2, 0.25) is 0 Å². The van der Waals surface area contributed by atoms with Crippen LogP contribution in [0.25, 0.3) is 0 Å². The van der Waals surface area contributed by atoms with Crippen LogP contribution < -0.4 is 0 Å². The van der Waals surface area contributed by atoms with Gasteiger partial charge in [0.25, 0.3) is 0 Å². The highest BCUT2D eigenvalue weighted by atomic mass is 32.2. The predicted octanol–water partition coefficient (Wildman–Crippen LogP) is 4.47. The standard InChI is InChI=1S/C25H37N5OS/c1-4-22(28(2)3)24-26-27-25(30(24)16-19-10-6-5-7-11-19)32-18-23(31)29-15-14-20-12-8-9-13-21(20)17-29/h5-7,10-11,20-22H,4,8-9,12-18H2,1-3H3/t20-,21-,22-/m1/s1. The summed E-state index contributed by atoms with van der Waals surface area (Å²) in [6.07, 6.45) is 7.48. The van der Waals surface area contributed by atoms with E-state index >= 15 is 0 Å². The van der Waals surface area contributed by atoms with E-state index in [2.05, 4.69) is 69.8 Å². The van der Waals surface area contributed by atoms with Gasteiger partial charge in [-0.1, -0.05) is 68.3 Å². The highest BCUT2D eigenvalue weighted by molar-refractivity contribution is 7.99. The highest BCUT2D eigenvalue weighted by Crippen LogP contribution is 2.36. The largest absolute Gasteiger partial charge is 0.342 e. The number of nitrogens with zero attached hydrogens (tertiary/aromatic N) is 5. The molecule has 0 radical (unpaired) electrons. The van der Waals surface area contributed by atoms with Crippen molar-refractivity contribution in [2.45, 2.75) is 63.2 Å². The van der Waals surface area contributed by atoms with Crippen molar-refractivity contribution in [3.8, 4) is 0 Å². The van der Waals surface area contributed by atoms with E-state index in [1.807, 2.05) is 6.07 Å². The van der Waals surface area contributed by atoms with Crippen LogP contribution in [0.5, 0.6) is 0 Å². The predicted molar refractivity (Wildman–Crippen MR) is 130 cm³/mol. The van der Waals surface area contributed by atoms with E-state index in [9.17, 15) is 4.79 Å². The Morgan fingerprint density at radius 3 is 2.59 bits per heavy atom. The smallest absolute Gasteiger partial charge is 0.233 e. The molecule has 1 amide bonds. The SMILES string of the molecule is CC[C@H](c1nnc(SCC(=O)N2CC[C@H]3CCCC[C@@H]3C2)n1Cc1ccccc1)N(C)C. The highest BCUT2D eigenvalue weighted by Gasteiger charge is 2.33. The third kappa shape index (κ3) is 5.37. The number of hydrogen-bond donors (Lipinski definition) is 0. The van der Waals surface area contributed by atoms with Crippen LogP contribution >= 0.6 is 11.8 Å². The van der Waals surface area contributed by atoms with Gasteiger partial charge >= 0.3 is 0 Å². The summed E-state index contributed by atoms with van der Waals surface area (Å²) in [6, 6.07) is 10.6. The fourth-order valence-corrected chi connectivity index (χ4v) is 6.24. The zero-order valence-corrected chi connectivity index (χ0v) is 20.6. The van der Waals surface area contributed by atoms with Gasteiger partial charge in [-0.15, -0.1) is 10.2 Å². The number of likely N-dealkylation sites (tertiary alicyclic amines) is 1. The van der Waals surface area contributed by atoms with Gasteiger partial charge in [-0.25, -0.2) is 0 Å². The molecule has 32 heavy (non-hydrogen) atoms. The quantitative estimate of drug-likeness (QED) is 0.550. The summed E-state index contributed by atoms with van der Waals surface area (Å²) in [5.74, 6) is 3.20. The molecule has 2 aromatic rings. The minimum atomic E-state index is 0.196. The molecule has 0 bridgehead atoms. The molecule has 3 atom stereocenters. The first kappa shape index (κ1) is 23.3. The minimum absolute atomic E-state index is 0.196. The lowest BCUT2D eigenvalue weighted by Crippen LogP contribution is -2.45. The fraction of sp³-hybridized carbons (Fsp3) is 0.640. The molecule has 1 aromatic heterocycles. The summed E-state index contributed by atoms with van der Waals surface area (Å²) >= 11 is 1.54. The third-order valence-electron chi connectivity index (χ3n) is 7.21. The first-order chi connectivity index (χ1) is 15.6. The molecule has 2 fully saturated rings. The van der Waals surface area contributed by atoms with E-state index in [1.54, 1.807) is 0 Å². The number of fused-ring (bicyclic) bond motifs is 1. The maximum Gasteiger partial charge on any atom is 0.233 e. The molecular formula is C25H37N5OS. The average Bonchev–Trinajstić information content (AvgIpc) is 3.20. The number of benzene rings is 1. The fourth-order valence-electron chi connectivity index (χ4n) is 5.39. The van der Waals surface area contributed by atoms with Gasteiger partial charge in [0.1, 0.15) is 0 Å². The number of aromatic nitrogens is 3. The summed E-state index contributed by atoms with van der Waals surface area (Å²) < 4.78 is 2.20. The molecule has 1 aromatic carbocycles. The van der Waals surface area contributed by atoms with E-state index in [0.717, 1.165) is 43.0 Å².